The topological polar surface area (TPSA) is 18.5 Å². The minimum absolute atomic E-state index is 0.0105. The van der Waals surface area contributed by atoms with E-state index >= 15 is 0 Å². The summed E-state index contributed by atoms with van der Waals surface area (Å²) in [6.45, 7) is 3.76. The van der Waals surface area contributed by atoms with Gasteiger partial charge in [0, 0.05) is 13.0 Å². The molecule has 0 radical (unpaired) electrons. The van der Waals surface area contributed by atoms with Gasteiger partial charge < -0.3 is 9.47 Å². The van der Waals surface area contributed by atoms with Crippen LogP contribution in [0.2, 0.25) is 0 Å². The Morgan fingerprint density at radius 1 is 0.833 bits per heavy atom. The van der Waals surface area contributed by atoms with Crippen LogP contribution in [0.4, 0.5) is 0 Å². The number of hydrogen-bond donors (Lipinski definition) is 0. The average Bonchev–Trinajstić information content (AvgIpc) is 3.33. The lowest BCUT2D eigenvalue weighted by atomic mass is 9.77. The van der Waals surface area contributed by atoms with Gasteiger partial charge in [-0.25, -0.2) is 0 Å². The average molecular weight is 407 g/mol. The first-order valence-electron chi connectivity index (χ1n) is 12.2. The Labute approximate surface area is 183 Å². The van der Waals surface area contributed by atoms with E-state index in [0.717, 1.165) is 31.3 Å². The molecule has 1 aliphatic carbocycles. The van der Waals surface area contributed by atoms with Crippen LogP contribution in [-0.2, 0) is 16.1 Å². The number of benzene rings is 2. The zero-order valence-corrected chi connectivity index (χ0v) is 18.7. The van der Waals surface area contributed by atoms with Crippen molar-refractivity contribution in [3.05, 3.63) is 59.7 Å². The molecule has 2 fully saturated rings. The SMILES string of the molecule is CCCCCC1CCC(c2ccc(-c3ccc(COC4CCCO4)cc3)cc2)CC1. The predicted molar refractivity (Wildman–Crippen MR) is 124 cm³/mol. The Kier molecular flexibility index (Phi) is 8.00. The van der Waals surface area contributed by atoms with Gasteiger partial charge in [0.2, 0.25) is 0 Å². The Morgan fingerprint density at radius 3 is 2.17 bits per heavy atom. The van der Waals surface area contributed by atoms with Crippen molar-refractivity contribution in [2.24, 2.45) is 5.92 Å². The van der Waals surface area contributed by atoms with Crippen LogP contribution in [-0.4, -0.2) is 12.9 Å². The third-order valence-corrected chi connectivity index (χ3v) is 7.06. The molecule has 0 aromatic heterocycles. The molecule has 0 amide bonds. The van der Waals surface area contributed by atoms with Crippen molar-refractivity contribution in [1.82, 2.24) is 0 Å². The highest BCUT2D eigenvalue weighted by Gasteiger charge is 2.22. The zero-order valence-electron chi connectivity index (χ0n) is 18.7. The second kappa shape index (κ2) is 11.1. The molecular weight excluding hydrogens is 368 g/mol. The lowest BCUT2D eigenvalue weighted by Crippen LogP contribution is -2.13. The number of hydrogen-bond acceptors (Lipinski definition) is 2. The van der Waals surface area contributed by atoms with Gasteiger partial charge in [-0.3, -0.25) is 0 Å². The van der Waals surface area contributed by atoms with Gasteiger partial charge in [0.15, 0.2) is 6.29 Å². The van der Waals surface area contributed by atoms with Crippen LogP contribution in [0.1, 0.15) is 88.2 Å². The van der Waals surface area contributed by atoms with Gasteiger partial charge in [0.1, 0.15) is 0 Å². The van der Waals surface area contributed by atoms with Gasteiger partial charge in [0.05, 0.1) is 6.61 Å². The fourth-order valence-corrected chi connectivity index (χ4v) is 5.08. The Bertz CT molecular complexity index is 735. The van der Waals surface area contributed by atoms with Crippen molar-refractivity contribution in [3.63, 3.8) is 0 Å². The minimum atomic E-state index is -0.0105. The molecule has 1 aliphatic heterocycles. The molecule has 2 nitrogen and oxygen atoms in total. The molecule has 0 spiro atoms. The molecule has 1 heterocycles. The first-order valence-corrected chi connectivity index (χ1v) is 12.2. The molecule has 2 aliphatic rings. The second-order valence-corrected chi connectivity index (χ2v) is 9.29. The van der Waals surface area contributed by atoms with Gasteiger partial charge in [-0.2, -0.15) is 0 Å². The van der Waals surface area contributed by atoms with Crippen LogP contribution in [0.25, 0.3) is 11.1 Å². The Morgan fingerprint density at radius 2 is 1.53 bits per heavy atom. The first kappa shape index (κ1) is 21.6. The van der Waals surface area contributed by atoms with Crippen LogP contribution in [0, 0.1) is 5.92 Å². The molecule has 1 saturated carbocycles. The maximum atomic E-state index is 5.83. The zero-order chi connectivity index (χ0) is 20.6. The van der Waals surface area contributed by atoms with Crippen molar-refractivity contribution in [1.29, 1.82) is 0 Å². The molecule has 1 atom stereocenters. The highest BCUT2D eigenvalue weighted by atomic mass is 16.7. The van der Waals surface area contributed by atoms with Crippen LogP contribution in [0.3, 0.4) is 0 Å². The highest BCUT2D eigenvalue weighted by molar-refractivity contribution is 5.64. The summed E-state index contributed by atoms with van der Waals surface area (Å²) in [6, 6.07) is 18.1. The van der Waals surface area contributed by atoms with E-state index in [0.29, 0.717) is 6.61 Å². The third kappa shape index (κ3) is 5.95. The van der Waals surface area contributed by atoms with Gasteiger partial charge in [-0.05, 0) is 66.2 Å². The van der Waals surface area contributed by atoms with Crippen LogP contribution in [0.5, 0.6) is 0 Å². The van der Waals surface area contributed by atoms with Crippen LogP contribution in [0.15, 0.2) is 48.5 Å². The van der Waals surface area contributed by atoms with Crippen molar-refractivity contribution in [2.45, 2.75) is 89.9 Å². The predicted octanol–water partition coefficient (Wildman–Crippen LogP) is 7.86. The van der Waals surface area contributed by atoms with E-state index in [9.17, 15) is 0 Å². The van der Waals surface area contributed by atoms with Gasteiger partial charge in [-0.1, -0.05) is 81.1 Å². The summed E-state index contributed by atoms with van der Waals surface area (Å²) in [5.41, 5.74) is 5.33. The number of ether oxygens (including phenoxy) is 2. The summed E-state index contributed by atoms with van der Waals surface area (Å²) in [5.74, 6) is 1.74. The molecular formula is C28H38O2. The third-order valence-electron chi connectivity index (χ3n) is 7.06. The molecule has 4 rings (SSSR count). The maximum Gasteiger partial charge on any atom is 0.158 e. The smallest absolute Gasteiger partial charge is 0.158 e. The van der Waals surface area contributed by atoms with E-state index in [4.69, 9.17) is 9.47 Å². The molecule has 2 aromatic carbocycles. The minimum Gasteiger partial charge on any atom is -0.353 e. The number of unbranched alkanes of at least 4 members (excludes halogenated alkanes) is 2. The molecule has 2 aromatic rings. The molecule has 0 bridgehead atoms. The molecule has 162 valence electrons. The maximum absolute atomic E-state index is 5.83. The molecule has 1 saturated heterocycles. The van der Waals surface area contributed by atoms with Crippen LogP contribution < -0.4 is 0 Å². The van der Waals surface area contributed by atoms with E-state index in [1.807, 2.05) is 0 Å². The van der Waals surface area contributed by atoms with E-state index in [-0.39, 0.29) is 6.29 Å². The molecule has 30 heavy (non-hydrogen) atoms. The highest BCUT2D eigenvalue weighted by Crippen LogP contribution is 2.38. The van der Waals surface area contributed by atoms with E-state index < -0.39 is 0 Å². The van der Waals surface area contributed by atoms with E-state index in [1.54, 1.807) is 0 Å². The monoisotopic (exact) mass is 406 g/mol. The fourth-order valence-electron chi connectivity index (χ4n) is 5.08. The van der Waals surface area contributed by atoms with Gasteiger partial charge >= 0.3 is 0 Å². The summed E-state index contributed by atoms with van der Waals surface area (Å²) in [7, 11) is 0. The Balaban J connectivity index is 1.27. The number of rotatable bonds is 9. The van der Waals surface area contributed by atoms with Gasteiger partial charge in [0.25, 0.3) is 0 Å². The van der Waals surface area contributed by atoms with E-state index in [1.165, 1.54) is 73.6 Å². The summed E-state index contributed by atoms with van der Waals surface area (Å²) >= 11 is 0. The van der Waals surface area contributed by atoms with E-state index in [2.05, 4.69) is 55.5 Å². The summed E-state index contributed by atoms with van der Waals surface area (Å²) in [5, 5.41) is 0. The summed E-state index contributed by atoms with van der Waals surface area (Å²) in [6.07, 6.45) is 13.3. The summed E-state index contributed by atoms with van der Waals surface area (Å²) < 4.78 is 11.4. The molecule has 1 unspecified atom stereocenters. The van der Waals surface area contributed by atoms with Crippen molar-refractivity contribution in [3.8, 4) is 11.1 Å². The fraction of sp³-hybridized carbons (Fsp3) is 0.571. The first-order chi connectivity index (χ1) is 14.8. The summed E-state index contributed by atoms with van der Waals surface area (Å²) in [4.78, 5) is 0. The lowest BCUT2D eigenvalue weighted by molar-refractivity contribution is -0.118. The largest absolute Gasteiger partial charge is 0.353 e. The van der Waals surface area contributed by atoms with Crippen molar-refractivity contribution < 1.29 is 9.47 Å². The quantitative estimate of drug-likeness (QED) is 0.395. The molecule has 0 N–H and O–H groups in total. The van der Waals surface area contributed by atoms with Crippen molar-refractivity contribution >= 4 is 0 Å². The van der Waals surface area contributed by atoms with Crippen LogP contribution >= 0.6 is 0 Å². The second-order valence-electron chi connectivity index (χ2n) is 9.29. The Hall–Kier alpha value is -1.64. The van der Waals surface area contributed by atoms with Gasteiger partial charge in [-0.15, -0.1) is 0 Å². The lowest BCUT2D eigenvalue weighted by Gasteiger charge is -2.29. The molecule has 2 heteroatoms. The normalized spacial score (nSPS) is 24.2. The van der Waals surface area contributed by atoms with Crippen molar-refractivity contribution in [2.75, 3.05) is 6.61 Å². The standard InChI is InChI=1S/C28H38O2/c1-2-3-4-6-22-8-12-24(13-9-22)26-16-18-27(19-17-26)25-14-10-23(11-15-25)21-30-28-7-5-20-29-28/h10-11,14-19,22,24,28H,2-9,12-13,20-21H2,1H3.